The highest BCUT2D eigenvalue weighted by Gasteiger charge is 2.56. The average molecular weight is 459 g/mol. The van der Waals surface area contributed by atoms with Gasteiger partial charge in [0.2, 0.25) is 5.91 Å². The van der Waals surface area contributed by atoms with Crippen LogP contribution in [0, 0.1) is 11.3 Å². The largest absolute Gasteiger partial charge is 0.364 e. The Morgan fingerprint density at radius 2 is 2.09 bits per heavy atom. The van der Waals surface area contributed by atoms with E-state index >= 15 is 0 Å². The van der Waals surface area contributed by atoms with Crippen LogP contribution in [0.3, 0.4) is 0 Å². The molecule has 3 heterocycles. The fourth-order valence-electron chi connectivity index (χ4n) is 5.10. The van der Waals surface area contributed by atoms with Gasteiger partial charge in [-0.3, -0.25) is 19.3 Å². The zero-order valence-electron chi connectivity index (χ0n) is 18.2. The summed E-state index contributed by atoms with van der Waals surface area (Å²) in [4.78, 5) is 57.6. The van der Waals surface area contributed by atoms with Crippen LogP contribution in [0.2, 0.25) is 0 Å². The highest BCUT2D eigenvalue weighted by Crippen LogP contribution is 2.46. The quantitative estimate of drug-likeness (QED) is 0.507. The van der Waals surface area contributed by atoms with Gasteiger partial charge in [-0.15, -0.1) is 11.3 Å². The van der Waals surface area contributed by atoms with Crippen LogP contribution in [0.5, 0.6) is 0 Å². The molecule has 2 aliphatic rings. The summed E-state index contributed by atoms with van der Waals surface area (Å²) >= 11 is 1.19. The Kier molecular flexibility index (Phi) is 5.32. The number of nitrogens with two attached hydrogens (primary N) is 1. The number of amides is 5. The highest BCUT2D eigenvalue weighted by molar-refractivity contribution is 7.14. The molecule has 5 amide bonds. The predicted molar refractivity (Wildman–Crippen MR) is 119 cm³/mol. The standard InChI is InChI=1S/C21H26N6O4S/c1-11-5-20(2,3)10-21(6-11)17(30)27(19(31)26-21)8-15(28)25-18-24-14(9-32-18)12-4-13(16(22)29)23-7-12/h4,7,9,11,23H,5-6,8,10H2,1-3H3,(H2,22,29)(H,26,31)(H,24,25,28). The second kappa shape index (κ2) is 7.73. The van der Waals surface area contributed by atoms with E-state index in [9.17, 15) is 19.2 Å². The van der Waals surface area contributed by atoms with Gasteiger partial charge in [-0.2, -0.15) is 0 Å². The van der Waals surface area contributed by atoms with Gasteiger partial charge < -0.3 is 21.4 Å². The van der Waals surface area contributed by atoms with Crippen molar-refractivity contribution in [3.63, 3.8) is 0 Å². The van der Waals surface area contributed by atoms with Crippen LogP contribution in [0.4, 0.5) is 9.93 Å². The van der Waals surface area contributed by atoms with E-state index in [0.29, 0.717) is 29.2 Å². The van der Waals surface area contributed by atoms with Crippen LogP contribution in [0.25, 0.3) is 11.3 Å². The molecule has 2 atom stereocenters. The first-order valence-electron chi connectivity index (χ1n) is 10.4. The third kappa shape index (κ3) is 4.12. The monoisotopic (exact) mass is 458 g/mol. The molecule has 10 nitrogen and oxygen atoms in total. The maximum Gasteiger partial charge on any atom is 0.325 e. The fourth-order valence-corrected chi connectivity index (χ4v) is 5.84. The van der Waals surface area contributed by atoms with Crippen LogP contribution >= 0.6 is 11.3 Å². The number of primary amides is 1. The van der Waals surface area contributed by atoms with E-state index in [2.05, 4.69) is 41.4 Å². The summed E-state index contributed by atoms with van der Waals surface area (Å²) in [6.45, 7) is 5.88. The van der Waals surface area contributed by atoms with Crippen molar-refractivity contribution >= 4 is 40.2 Å². The summed E-state index contributed by atoms with van der Waals surface area (Å²) in [6.07, 6.45) is 3.69. The van der Waals surface area contributed by atoms with E-state index in [1.807, 2.05) is 0 Å². The summed E-state index contributed by atoms with van der Waals surface area (Å²) < 4.78 is 0. The minimum absolute atomic E-state index is 0.0806. The molecule has 2 unspecified atom stereocenters. The van der Waals surface area contributed by atoms with Crippen LogP contribution in [0.15, 0.2) is 17.6 Å². The van der Waals surface area contributed by atoms with Gasteiger partial charge >= 0.3 is 6.03 Å². The molecule has 0 bridgehead atoms. The number of nitrogens with zero attached hydrogens (tertiary/aromatic N) is 2. The van der Waals surface area contributed by atoms with E-state index < -0.39 is 23.4 Å². The third-order valence-corrected chi connectivity index (χ3v) is 6.68. The highest BCUT2D eigenvalue weighted by atomic mass is 32.1. The third-order valence-electron chi connectivity index (χ3n) is 5.92. The first-order chi connectivity index (χ1) is 15.0. The van der Waals surface area contributed by atoms with Crippen LogP contribution < -0.4 is 16.4 Å². The van der Waals surface area contributed by atoms with E-state index in [1.165, 1.54) is 11.3 Å². The first kappa shape index (κ1) is 22.0. The zero-order chi connectivity index (χ0) is 23.3. The molecule has 170 valence electrons. The Morgan fingerprint density at radius 1 is 1.34 bits per heavy atom. The Bertz CT molecular complexity index is 1110. The molecule has 32 heavy (non-hydrogen) atoms. The van der Waals surface area contributed by atoms with E-state index in [1.54, 1.807) is 17.6 Å². The van der Waals surface area contributed by atoms with Crippen molar-refractivity contribution in [3.05, 3.63) is 23.3 Å². The number of carbonyl (C=O) groups is 4. The molecule has 2 aromatic heterocycles. The van der Waals surface area contributed by atoms with Crippen molar-refractivity contribution in [3.8, 4) is 11.3 Å². The summed E-state index contributed by atoms with van der Waals surface area (Å²) in [5.41, 5.74) is 5.68. The number of aromatic nitrogens is 2. The lowest BCUT2D eigenvalue weighted by Crippen LogP contribution is -2.54. The number of nitrogens with one attached hydrogen (secondary N) is 3. The Morgan fingerprint density at radius 3 is 2.75 bits per heavy atom. The summed E-state index contributed by atoms with van der Waals surface area (Å²) in [6, 6.07) is 1.03. The van der Waals surface area contributed by atoms with Gasteiger partial charge in [0.1, 0.15) is 17.8 Å². The molecular formula is C21H26N6O4S. The van der Waals surface area contributed by atoms with Gasteiger partial charge in [-0.1, -0.05) is 20.8 Å². The SMILES string of the molecule is CC1CC(C)(C)CC2(C1)NC(=O)N(CC(=O)Nc1nc(-c3c[nH]c(C(N)=O)c3)cs1)C2=O. The summed E-state index contributed by atoms with van der Waals surface area (Å²) in [5.74, 6) is -1.15. The smallest absolute Gasteiger partial charge is 0.325 e. The van der Waals surface area contributed by atoms with E-state index in [4.69, 9.17) is 5.73 Å². The number of imide groups is 1. The van der Waals surface area contributed by atoms with Gasteiger partial charge in [0.05, 0.1) is 5.69 Å². The van der Waals surface area contributed by atoms with Gasteiger partial charge in [-0.05, 0) is 36.7 Å². The second-order valence-corrected chi connectivity index (χ2v) is 10.4. The fraction of sp³-hybridized carbons (Fsp3) is 0.476. The maximum atomic E-state index is 13.2. The van der Waals surface area contributed by atoms with Crippen molar-refractivity contribution < 1.29 is 19.2 Å². The molecular weight excluding hydrogens is 432 g/mol. The average Bonchev–Trinajstić information content (AvgIpc) is 3.36. The van der Waals surface area contributed by atoms with Crippen molar-refractivity contribution in [1.82, 2.24) is 20.2 Å². The second-order valence-electron chi connectivity index (χ2n) is 9.51. The lowest BCUT2D eigenvalue weighted by Gasteiger charge is -2.43. The van der Waals surface area contributed by atoms with Crippen molar-refractivity contribution in [2.75, 3.05) is 11.9 Å². The number of aromatic amines is 1. The molecule has 0 radical (unpaired) electrons. The molecule has 5 N–H and O–H groups in total. The normalized spacial score (nSPS) is 24.6. The Labute approximate surface area is 189 Å². The Hall–Kier alpha value is -3.21. The molecule has 4 rings (SSSR count). The van der Waals surface area contributed by atoms with E-state index in [0.717, 1.165) is 11.3 Å². The Balaban J connectivity index is 1.42. The molecule has 1 aliphatic heterocycles. The number of hydrogen-bond acceptors (Lipinski definition) is 6. The number of rotatable bonds is 5. The molecule has 1 saturated heterocycles. The number of H-pyrrole nitrogens is 1. The summed E-state index contributed by atoms with van der Waals surface area (Å²) in [7, 11) is 0. The molecule has 1 aliphatic carbocycles. The number of carbonyl (C=O) groups excluding carboxylic acids is 4. The maximum absolute atomic E-state index is 13.2. The van der Waals surface area contributed by atoms with Gasteiger partial charge in [-0.25, -0.2) is 9.78 Å². The lowest BCUT2D eigenvalue weighted by molar-refractivity contribution is -0.136. The molecule has 1 spiro atoms. The molecule has 2 aromatic rings. The van der Waals surface area contributed by atoms with Gasteiger partial charge in [0.25, 0.3) is 11.8 Å². The van der Waals surface area contributed by atoms with Crippen molar-refractivity contribution in [2.45, 2.75) is 45.6 Å². The van der Waals surface area contributed by atoms with Crippen molar-refractivity contribution in [2.24, 2.45) is 17.1 Å². The van der Waals surface area contributed by atoms with Crippen LogP contribution in [-0.2, 0) is 9.59 Å². The molecule has 11 heteroatoms. The number of hydrogen-bond donors (Lipinski definition) is 4. The summed E-state index contributed by atoms with van der Waals surface area (Å²) in [5, 5.41) is 7.54. The van der Waals surface area contributed by atoms with Gasteiger partial charge in [0.15, 0.2) is 5.13 Å². The van der Waals surface area contributed by atoms with Crippen LogP contribution in [0.1, 0.15) is 50.5 Å². The van der Waals surface area contributed by atoms with Crippen molar-refractivity contribution in [1.29, 1.82) is 0 Å². The number of anilines is 1. The van der Waals surface area contributed by atoms with E-state index in [-0.39, 0.29) is 29.5 Å². The molecule has 2 fully saturated rings. The van der Waals surface area contributed by atoms with Gasteiger partial charge in [0, 0.05) is 17.1 Å². The van der Waals surface area contributed by atoms with Crippen LogP contribution in [-0.4, -0.2) is 50.7 Å². The zero-order valence-corrected chi connectivity index (χ0v) is 19.0. The topological polar surface area (TPSA) is 150 Å². The lowest BCUT2D eigenvalue weighted by atomic mass is 9.64. The number of urea groups is 1. The minimum atomic E-state index is -0.945. The predicted octanol–water partition coefficient (Wildman–Crippen LogP) is 2.31. The molecule has 1 saturated carbocycles. The molecule has 0 aromatic carbocycles. The number of thiazole rings is 1. The minimum Gasteiger partial charge on any atom is -0.364 e. The first-order valence-corrected chi connectivity index (χ1v) is 11.2.